The number of benzene rings is 1. The van der Waals surface area contributed by atoms with E-state index >= 15 is 0 Å². The van der Waals surface area contributed by atoms with E-state index in [0.717, 1.165) is 25.1 Å². The molecule has 0 spiro atoms. The van der Waals surface area contributed by atoms with Crippen LogP contribution in [0.1, 0.15) is 24.4 Å². The molecular weight excluding hydrogens is 254 g/mol. The third-order valence-electron chi connectivity index (χ3n) is 3.64. The van der Waals surface area contributed by atoms with Gasteiger partial charge in [-0.05, 0) is 12.0 Å². The first-order chi connectivity index (χ1) is 9.74. The van der Waals surface area contributed by atoms with Crippen LogP contribution in [0.5, 0.6) is 0 Å². The highest BCUT2D eigenvalue weighted by Gasteiger charge is 2.29. The monoisotopic (exact) mass is 273 g/mol. The molecule has 0 aromatic heterocycles. The van der Waals surface area contributed by atoms with Gasteiger partial charge in [0.05, 0.1) is 19.6 Å². The van der Waals surface area contributed by atoms with Crippen LogP contribution >= 0.6 is 0 Å². The van der Waals surface area contributed by atoms with Crippen molar-refractivity contribution in [1.29, 1.82) is 5.26 Å². The number of rotatable bonds is 4. The van der Waals surface area contributed by atoms with Gasteiger partial charge in [-0.3, -0.25) is 4.90 Å². The third-order valence-corrected chi connectivity index (χ3v) is 3.64. The van der Waals surface area contributed by atoms with E-state index in [9.17, 15) is 4.79 Å². The number of likely N-dealkylation sites (tertiary alicyclic amines) is 1. The van der Waals surface area contributed by atoms with Gasteiger partial charge >= 0.3 is 6.09 Å². The van der Waals surface area contributed by atoms with E-state index < -0.39 is 6.09 Å². The van der Waals surface area contributed by atoms with Crippen molar-refractivity contribution in [2.75, 3.05) is 20.2 Å². The van der Waals surface area contributed by atoms with Gasteiger partial charge in [0.2, 0.25) is 0 Å². The average molecular weight is 273 g/mol. The average Bonchev–Trinajstić information content (AvgIpc) is 2.93. The van der Waals surface area contributed by atoms with Crippen molar-refractivity contribution in [3.63, 3.8) is 0 Å². The zero-order valence-corrected chi connectivity index (χ0v) is 11.6. The molecule has 1 N–H and O–H groups in total. The molecule has 106 valence electrons. The summed E-state index contributed by atoms with van der Waals surface area (Å²) >= 11 is 0. The molecule has 1 saturated heterocycles. The molecule has 20 heavy (non-hydrogen) atoms. The zero-order valence-electron chi connectivity index (χ0n) is 11.6. The van der Waals surface area contributed by atoms with Gasteiger partial charge in [-0.15, -0.1) is 0 Å². The Hall–Kier alpha value is -2.06. The van der Waals surface area contributed by atoms with Crippen LogP contribution in [-0.2, 0) is 4.74 Å². The topological polar surface area (TPSA) is 65.4 Å². The van der Waals surface area contributed by atoms with Crippen LogP contribution in [0.15, 0.2) is 30.3 Å². The molecule has 1 aliphatic heterocycles. The lowest BCUT2D eigenvalue weighted by molar-refractivity contribution is 0.165. The summed E-state index contributed by atoms with van der Waals surface area (Å²) in [4.78, 5) is 13.5. The number of hydrogen-bond donors (Lipinski definition) is 1. The fourth-order valence-corrected chi connectivity index (χ4v) is 2.63. The fourth-order valence-electron chi connectivity index (χ4n) is 2.63. The molecule has 0 aliphatic carbocycles. The minimum atomic E-state index is -0.395. The van der Waals surface area contributed by atoms with Gasteiger partial charge in [-0.2, -0.15) is 5.26 Å². The summed E-state index contributed by atoms with van der Waals surface area (Å²) in [7, 11) is 1.37. The van der Waals surface area contributed by atoms with E-state index in [-0.39, 0.29) is 12.1 Å². The Balaban J connectivity index is 2.02. The number of carbonyl (C=O) groups excluding carboxylic acids is 1. The van der Waals surface area contributed by atoms with Crippen molar-refractivity contribution < 1.29 is 9.53 Å². The van der Waals surface area contributed by atoms with Gasteiger partial charge in [0, 0.05) is 25.2 Å². The molecule has 2 unspecified atom stereocenters. The van der Waals surface area contributed by atoms with E-state index in [1.165, 1.54) is 7.11 Å². The van der Waals surface area contributed by atoms with Crippen molar-refractivity contribution in [1.82, 2.24) is 10.2 Å². The maximum atomic E-state index is 11.2. The van der Waals surface area contributed by atoms with Gasteiger partial charge < -0.3 is 10.1 Å². The van der Waals surface area contributed by atoms with Gasteiger partial charge in [0.1, 0.15) is 0 Å². The molecule has 1 aromatic carbocycles. The lowest BCUT2D eigenvalue weighted by Gasteiger charge is -2.26. The molecule has 1 fully saturated rings. The van der Waals surface area contributed by atoms with Gasteiger partial charge in [0.25, 0.3) is 0 Å². The van der Waals surface area contributed by atoms with Crippen molar-refractivity contribution in [2.24, 2.45) is 0 Å². The number of nitriles is 1. The van der Waals surface area contributed by atoms with Crippen LogP contribution in [-0.4, -0.2) is 37.2 Å². The minimum absolute atomic E-state index is 0.0886. The van der Waals surface area contributed by atoms with Crippen LogP contribution in [0.2, 0.25) is 0 Å². The van der Waals surface area contributed by atoms with E-state index in [1.807, 2.05) is 30.3 Å². The summed E-state index contributed by atoms with van der Waals surface area (Å²) in [6, 6.07) is 12.5. The molecule has 1 aliphatic rings. The predicted molar refractivity (Wildman–Crippen MR) is 74.9 cm³/mol. The van der Waals surface area contributed by atoms with Gasteiger partial charge in [-0.1, -0.05) is 30.3 Å². The number of carbonyl (C=O) groups is 1. The van der Waals surface area contributed by atoms with Gasteiger partial charge in [0.15, 0.2) is 0 Å². The first kappa shape index (κ1) is 14.4. The summed E-state index contributed by atoms with van der Waals surface area (Å²) < 4.78 is 4.62. The number of methoxy groups -OCH3 is 1. The van der Waals surface area contributed by atoms with Crippen molar-refractivity contribution >= 4 is 6.09 Å². The predicted octanol–water partition coefficient (Wildman–Crippen LogP) is 2.07. The SMILES string of the molecule is COC(=O)NC1CCN(C(CC#N)c2ccccc2)C1. The van der Waals surface area contributed by atoms with Crippen LogP contribution in [0.3, 0.4) is 0 Å². The highest BCUT2D eigenvalue weighted by Crippen LogP contribution is 2.27. The molecule has 1 aromatic rings. The summed E-state index contributed by atoms with van der Waals surface area (Å²) in [5.41, 5.74) is 1.15. The molecule has 1 heterocycles. The lowest BCUT2D eigenvalue weighted by Crippen LogP contribution is -2.37. The second kappa shape index (κ2) is 6.92. The smallest absolute Gasteiger partial charge is 0.407 e. The first-order valence-corrected chi connectivity index (χ1v) is 6.75. The Bertz CT molecular complexity index is 484. The number of amides is 1. The fraction of sp³-hybridized carbons (Fsp3) is 0.467. The molecule has 0 radical (unpaired) electrons. The summed E-state index contributed by atoms with van der Waals surface area (Å²) in [5.74, 6) is 0. The Labute approximate surface area is 119 Å². The number of alkyl carbamates (subject to hydrolysis) is 1. The molecule has 0 saturated carbocycles. The van der Waals surface area contributed by atoms with Crippen LogP contribution in [0.25, 0.3) is 0 Å². The number of hydrogen-bond acceptors (Lipinski definition) is 4. The Morgan fingerprint density at radius 2 is 2.30 bits per heavy atom. The molecule has 5 heteroatoms. The number of nitrogens with zero attached hydrogens (tertiary/aromatic N) is 2. The van der Waals surface area contributed by atoms with E-state index in [2.05, 4.69) is 21.0 Å². The summed E-state index contributed by atoms with van der Waals surface area (Å²) in [6.45, 7) is 1.62. The Kier molecular flexibility index (Phi) is 4.97. The lowest BCUT2D eigenvalue weighted by atomic mass is 10.0. The Morgan fingerprint density at radius 1 is 1.55 bits per heavy atom. The third kappa shape index (κ3) is 3.49. The van der Waals surface area contributed by atoms with Crippen LogP contribution in [0, 0.1) is 11.3 Å². The molecule has 5 nitrogen and oxygen atoms in total. The molecule has 1 amide bonds. The second-order valence-electron chi connectivity index (χ2n) is 4.91. The maximum Gasteiger partial charge on any atom is 0.407 e. The molecular formula is C15H19N3O2. The van der Waals surface area contributed by atoms with E-state index in [0.29, 0.717) is 6.42 Å². The normalized spacial score (nSPS) is 20.1. The first-order valence-electron chi connectivity index (χ1n) is 6.75. The highest BCUT2D eigenvalue weighted by molar-refractivity contribution is 5.67. The van der Waals surface area contributed by atoms with Crippen LogP contribution in [0.4, 0.5) is 4.79 Å². The van der Waals surface area contributed by atoms with Crippen molar-refractivity contribution in [2.45, 2.75) is 24.9 Å². The van der Waals surface area contributed by atoms with E-state index in [1.54, 1.807) is 0 Å². The Morgan fingerprint density at radius 3 is 2.95 bits per heavy atom. The maximum absolute atomic E-state index is 11.2. The quantitative estimate of drug-likeness (QED) is 0.912. The van der Waals surface area contributed by atoms with Crippen LogP contribution < -0.4 is 5.32 Å². The molecule has 0 bridgehead atoms. The minimum Gasteiger partial charge on any atom is -0.453 e. The standard InChI is InChI=1S/C15H19N3O2/c1-20-15(19)17-13-8-10-18(11-13)14(7-9-16)12-5-3-2-4-6-12/h2-6,13-14H,7-8,10-11H2,1H3,(H,17,19). The molecule has 2 rings (SSSR count). The van der Waals surface area contributed by atoms with Crippen molar-refractivity contribution in [3.8, 4) is 6.07 Å². The largest absolute Gasteiger partial charge is 0.453 e. The second-order valence-corrected chi connectivity index (χ2v) is 4.91. The highest BCUT2D eigenvalue weighted by atomic mass is 16.5. The van der Waals surface area contributed by atoms with Gasteiger partial charge in [-0.25, -0.2) is 4.79 Å². The van der Waals surface area contributed by atoms with E-state index in [4.69, 9.17) is 5.26 Å². The number of ether oxygens (including phenoxy) is 1. The van der Waals surface area contributed by atoms with Crippen molar-refractivity contribution in [3.05, 3.63) is 35.9 Å². The zero-order chi connectivity index (χ0) is 14.4. The summed E-state index contributed by atoms with van der Waals surface area (Å²) in [6.07, 6.45) is 0.937. The number of nitrogens with one attached hydrogen (secondary N) is 1. The molecule has 2 atom stereocenters. The summed E-state index contributed by atoms with van der Waals surface area (Å²) in [5, 5.41) is 11.9.